The first-order valence-corrected chi connectivity index (χ1v) is 6.66. The molecule has 1 fully saturated rings. The fraction of sp³-hybridized carbons (Fsp3) is 0.462. The Labute approximate surface area is 105 Å². The van der Waals surface area contributed by atoms with Crippen LogP contribution in [0.2, 0.25) is 0 Å². The highest BCUT2D eigenvalue weighted by molar-refractivity contribution is 8.00. The van der Waals surface area contributed by atoms with Crippen molar-refractivity contribution < 1.29 is 9.53 Å². The third kappa shape index (κ3) is 1.76. The molecule has 3 nitrogen and oxygen atoms in total. The minimum Gasteiger partial charge on any atom is -0.379 e. The van der Waals surface area contributed by atoms with Crippen molar-refractivity contribution in [3.8, 4) is 0 Å². The number of benzene rings is 1. The lowest BCUT2D eigenvalue weighted by molar-refractivity contribution is -0.115. The molecule has 0 spiro atoms. The zero-order valence-corrected chi connectivity index (χ0v) is 10.8. The number of amides is 1. The second-order valence-corrected chi connectivity index (χ2v) is 6.40. The molecule has 2 aliphatic rings. The summed E-state index contributed by atoms with van der Waals surface area (Å²) in [5, 5.41) is 2.97. The van der Waals surface area contributed by atoms with Gasteiger partial charge in [-0.25, -0.2) is 0 Å². The molecule has 1 saturated heterocycles. The zero-order valence-electron chi connectivity index (χ0n) is 9.95. The number of hydrogen-bond donors (Lipinski definition) is 1. The van der Waals surface area contributed by atoms with Gasteiger partial charge in [-0.2, -0.15) is 0 Å². The lowest BCUT2D eigenvalue weighted by Gasteiger charge is -2.39. The van der Waals surface area contributed by atoms with Gasteiger partial charge in [0, 0.05) is 10.3 Å². The minimum absolute atomic E-state index is 0.00373. The SMILES string of the molecule is CC1Sc2ccc(C3(C)COC3)cc2NC1=O. The highest BCUT2D eigenvalue weighted by Crippen LogP contribution is 2.40. The molecule has 3 rings (SSSR count). The maximum atomic E-state index is 11.6. The average molecular weight is 249 g/mol. The maximum absolute atomic E-state index is 11.6. The molecular weight excluding hydrogens is 234 g/mol. The van der Waals surface area contributed by atoms with E-state index < -0.39 is 0 Å². The predicted molar refractivity (Wildman–Crippen MR) is 68.6 cm³/mol. The van der Waals surface area contributed by atoms with E-state index in [1.165, 1.54) is 5.56 Å². The topological polar surface area (TPSA) is 38.3 Å². The van der Waals surface area contributed by atoms with Crippen LogP contribution in [0.4, 0.5) is 5.69 Å². The molecule has 1 aromatic carbocycles. The van der Waals surface area contributed by atoms with E-state index in [2.05, 4.69) is 30.4 Å². The van der Waals surface area contributed by atoms with Gasteiger partial charge in [0.15, 0.2) is 0 Å². The zero-order chi connectivity index (χ0) is 12.0. The third-order valence-corrected chi connectivity index (χ3v) is 4.63. The average Bonchev–Trinajstić information content (AvgIpc) is 2.27. The molecule has 0 radical (unpaired) electrons. The van der Waals surface area contributed by atoms with Gasteiger partial charge in [0.1, 0.15) is 0 Å². The molecule has 17 heavy (non-hydrogen) atoms. The summed E-state index contributed by atoms with van der Waals surface area (Å²) in [5.41, 5.74) is 2.31. The van der Waals surface area contributed by atoms with E-state index in [1.54, 1.807) is 11.8 Å². The van der Waals surface area contributed by atoms with Gasteiger partial charge < -0.3 is 10.1 Å². The number of fused-ring (bicyclic) bond motifs is 1. The van der Waals surface area contributed by atoms with E-state index in [4.69, 9.17) is 4.74 Å². The molecule has 1 amide bonds. The molecule has 2 heterocycles. The summed E-state index contributed by atoms with van der Waals surface area (Å²) in [5.74, 6) is 0.0923. The van der Waals surface area contributed by atoms with Gasteiger partial charge in [-0.15, -0.1) is 11.8 Å². The first-order chi connectivity index (χ1) is 8.08. The van der Waals surface area contributed by atoms with E-state index in [0.29, 0.717) is 0 Å². The summed E-state index contributed by atoms with van der Waals surface area (Å²) in [6, 6.07) is 6.35. The molecule has 2 aliphatic heterocycles. The lowest BCUT2D eigenvalue weighted by Crippen LogP contribution is -2.44. The lowest BCUT2D eigenvalue weighted by atomic mass is 9.80. The number of carbonyl (C=O) groups excluding carboxylic acids is 1. The Morgan fingerprint density at radius 2 is 2.24 bits per heavy atom. The van der Waals surface area contributed by atoms with Gasteiger partial charge in [-0.05, 0) is 24.6 Å². The summed E-state index contributed by atoms with van der Waals surface area (Å²) in [6.07, 6.45) is 0. The van der Waals surface area contributed by atoms with Crippen molar-refractivity contribution in [3.63, 3.8) is 0 Å². The summed E-state index contributed by atoms with van der Waals surface area (Å²) < 4.78 is 5.28. The molecule has 0 bridgehead atoms. The van der Waals surface area contributed by atoms with Crippen molar-refractivity contribution in [3.05, 3.63) is 23.8 Å². The van der Waals surface area contributed by atoms with E-state index in [1.807, 2.05) is 6.92 Å². The molecule has 0 saturated carbocycles. The first kappa shape index (κ1) is 11.1. The Balaban J connectivity index is 1.96. The molecule has 1 aromatic rings. The number of carbonyl (C=O) groups is 1. The van der Waals surface area contributed by atoms with Gasteiger partial charge in [-0.1, -0.05) is 13.0 Å². The number of nitrogens with one attached hydrogen (secondary N) is 1. The summed E-state index contributed by atoms with van der Waals surface area (Å²) in [7, 11) is 0. The fourth-order valence-electron chi connectivity index (χ4n) is 2.16. The van der Waals surface area contributed by atoms with Crippen molar-refractivity contribution in [2.24, 2.45) is 0 Å². The standard InChI is InChI=1S/C13H15NO2S/c1-8-12(15)14-10-5-9(3-4-11(10)17-8)13(2)6-16-7-13/h3-5,8H,6-7H2,1-2H3,(H,14,15). The highest BCUT2D eigenvalue weighted by Gasteiger charge is 2.36. The predicted octanol–water partition coefficient (Wildman–Crippen LogP) is 2.41. The number of anilines is 1. The molecule has 1 atom stereocenters. The monoisotopic (exact) mass is 249 g/mol. The van der Waals surface area contributed by atoms with E-state index >= 15 is 0 Å². The number of thioether (sulfide) groups is 1. The normalized spacial score (nSPS) is 25.8. The molecular formula is C13H15NO2S. The minimum atomic E-state index is -0.00373. The van der Waals surface area contributed by atoms with Crippen molar-refractivity contribution in [1.82, 2.24) is 0 Å². The van der Waals surface area contributed by atoms with Crippen molar-refractivity contribution >= 4 is 23.4 Å². The molecule has 90 valence electrons. The van der Waals surface area contributed by atoms with E-state index in [0.717, 1.165) is 23.8 Å². The highest BCUT2D eigenvalue weighted by atomic mass is 32.2. The van der Waals surface area contributed by atoms with Gasteiger partial charge in [0.05, 0.1) is 24.2 Å². The van der Waals surface area contributed by atoms with Crippen LogP contribution in [0.1, 0.15) is 19.4 Å². The van der Waals surface area contributed by atoms with E-state index in [-0.39, 0.29) is 16.6 Å². The van der Waals surface area contributed by atoms with Crippen LogP contribution in [0.3, 0.4) is 0 Å². The van der Waals surface area contributed by atoms with Crippen molar-refractivity contribution in [1.29, 1.82) is 0 Å². The van der Waals surface area contributed by atoms with Gasteiger partial charge in [-0.3, -0.25) is 4.79 Å². The molecule has 4 heteroatoms. The third-order valence-electron chi connectivity index (χ3n) is 3.45. The van der Waals surface area contributed by atoms with Crippen LogP contribution < -0.4 is 5.32 Å². The van der Waals surface area contributed by atoms with Crippen LogP contribution >= 0.6 is 11.8 Å². The van der Waals surface area contributed by atoms with Crippen LogP contribution in [0.15, 0.2) is 23.1 Å². The van der Waals surface area contributed by atoms with Crippen molar-refractivity contribution in [2.75, 3.05) is 18.5 Å². The van der Waals surface area contributed by atoms with Crippen LogP contribution in [0.5, 0.6) is 0 Å². The number of ether oxygens (including phenoxy) is 1. The summed E-state index contributed by atoms with van der Waals surface area (Å²) in [6.45, 7) is 5.66. The second-order valence-electron chi connectivity index (χ2n) is 5.01. The number of hydrogen-bond acceptors (Lipinski definition) is 3. The van der Waals surface area contributed by atoms with E-state index in [9.17, 15) is 4.79 Å². The van der Waals surface area contributed by atoms with Gasteiger partial charge in [0.25, 0.3) is 0 Å². The maximum Gasteiger partial charge on any atom is 0.237 e. The van der Waals surface area contributed by atoms with Gasteiger partial charge >= 0.3 is 0 Å². The fourth-order valence-corrected chi connectivity index (χ4v) is 3.09. The van der Waals surface area contributed by atoms with Crippen LogP contribution in [0.25, 0.3) is 0 Å². The Morgan fingerprint density at radius 3 is 2.88 bits per heavy atom. The Morgan fingerprint density at radius 1 is 1.47 bits per heavy atom. The molecule has 0 aromatic heterocycles. The number of rotatable bonds is 1. The Kier molecular flexibility index (Phi) is 2.45. The van der Waals surface area contributed by atoms with Crippen LogP contribution in [-0.2, 0) is 14.9 Å². The molecule has 1 unspecified atom stereocenters. The Bertz CT molecular complexity index is 482. The summed E-state index contributed by atoms with van der Waals surface area (Å²) in [4.78, 5) is 12.8. The van der Waals surface area contributed by atoms with Crippen LogP contribution in [0, 0.1) is 0 Å². The molecule has 0 aliphatic carbocycles. The Hall–Kier alpha value is -1.00. The second kappa shape index (κ2) is 3.75. The largest absolute Gasteiger partial charge is 0.379 e. The summed E-state index contributed by atoms with van der Waals surface area (Å²) >= 11 is 1.62. The smallest absolute Gasteiger partial charge is 0.237 e. The van der Waals surface area contributed by atoms with Crippen LogP contribution in [-0.4, -0.2) is 24.4 Å². The first-order valence-electron chi connectivity index (χ1n) is 5.78. The van der Waals surface area contributed by atoms with Crippen molar-refractivity contribution in [2.45, 2.75) is 29.4 Å². The van der Waals surface area contributed by atoms with Gasteiger partial charge in [0.2, 0.25) is 5.91 Å². The quantitative estimate of drug-likeness (QED) is 0.830. The molecule has 1 N–H and O–H groups in total.